The maximum atomic E-state index is 10.8. The van der Waals surface area contributed by atoms with E-state index < -0.39 is 10.1 Å². The minimum atomic E-state index is -4.17. The molecule has 0 aliphatic carbocycles. The fourth-order valence-electron chi connectivity index (χ4n) is 1.18. The number of fused-ring (bicyclic) bond motifs is 1. The van der Waals surface area contributed by atoms with Crippen LogP contribution in [-0.4, -0.2) is 26.2 Å². The van der Waals surface area contributed by atoms with Crippen LogP contribution >= 0.6 is 0 Å². The van der Waals surface area contributed by atoms with Gasteiger partial charge < -0.3 is 9.47 Å². The van der Waals surface area contributed by atoms with Crippen LogP contribution < -0.4 is 9.47 Å². The van der Waals surface area contributed by atoms with Crippen molar-refractivity contribution in [3.05, 3.63) is 18.2 Å². The zero-order chi connectivity index (χ0) is 10.2. The van der Waals surface area contributed by atoms with E-state index in [1.165, 1.54) is 18.2 Å². The molecule has 5 nitrogen and oxygen atoms in total. The van der Waals surface area contributed by atoms with Crippen molar-refractivity contribution in [2.75, 3.05) is 13.2 Å². The van der Waals surface area contributed by atoms with Gasteiger partial charge in [0.15, 0.2) is 11.5 Å². The molecule has 0 saturated heterocycles. The van der Waals surface area contributed by atoms with Gasteiger partial charge in [0.1, 0.15) is 13.2 Å². The van der Waals surface area contributed by atoms with Crippen molar-refractivity contribution in [1.82, 2.24) is 0 Å². The van der Waals surface area contributed by atoms with Crippen molar-refractivity contribution in [1.29, 1.82) is 0 Å². The molecule has 0 fully saturated rings. The average Bonchev–Trinajstić information content (AvgIpc) is 2.16. The first kappa shape index (κ1) is 9.29. The van der Waals surface area contributed by atoms with Gasteiger partial charge in [0.05, 0.1) is 4.90 Å². The third kappa shape index (κ3) is 1.66. The first-order chi connectivity index (χ1) is 6.57. The van der Waals surface area contributed by atoms with Crippen LogP contribution in [0.1, 0.15) is 0 Å². The highest BCUT2D eigenvalue weighted by atomic mass is 32.2. The van der Waals surface area contributed by atoms with E-state index in [9.17, 15) is 8.42 Å². The molecule has 0 saturated carbocycles. The van der Waals surface area contributed by atoms with E-state index in [1.807, 2.05) is 0 Å². The predicted octanol–water partition coefficient (Wildman–Crippen LogP) is 0.705. The summed E-state index contributed by atoms with van der Waals surface area (Å²) in [4.78, 5) is -0.193. The summed E-state index contributed by atoms with van der Waals surface area (Å²) in [5.41, 5.74) is 0. The molecule has 6 heteroatoms. The molecule has 76 valence electrons. The normalized spacial score (nSPS) is 15.2. The summed E-state index contributed by atoms with van der Waals surface area (Å²) >= 11 is 0. The number of hydrogen-bond donors (Lipinski definition) is 1. The summed E-state index contributed by atoms with van der Waals surface area (Å²) < 4.78 is 40.7. The fraction of sp³-hybridized carbons (Fsp3) is 0.250. The largest absolute Gasteiger partial charge is 0.486 e. The van der Waals surface area contributed by atoms with Crippen molar-refractivity contribution < 1.29 is 22.4 Å². The Labute approximate surface area is 81.0 Å². The first-order valence-corrected chi connectivity index (χ1v) is 5.38. The summed E-state index contributed by atoms with van der Waals surface area (Å²) in [5, 5.41) is 0. The van der Waals surface area contributed by atoms with Gasteiger partial charge in [0.25, 0.3) is 10.1 Å². The SMILES string of the molecule is O=S(=O)(O)c1ccc2c(c1)OCCO2. The zero-order valence-electron chi connectivity index (χ0n) is 7.13. The molecular weight excluding hydrogens is 208 g/mol. The molecule has 0 unspecified atom stereocenters. The molecule has 0 bridgehead atoms. The van der Waals surface area contributed by atoms with Gasteiger partial charge in [0, 0.05) is 6.07 Å². The van der Waals surface area contributed by atoms with E-state index in [2.05, 4.69) is 0 Å². The minimum Gasteiger partial charge on any atom is -0.486 e. The molecule has 0 amide bonds. The van der Waals surface area contributed by atoms with Gasteiger partial charge in [-0.05, 0) is 12.1 Å². The Morgan fingerprint density at radius 1 is 1.14 bits per heavy atom. The molecule has 2 rings (SSSR count). The summed E-state index contributed by atoms with van der Waals surface area (Å²) in [6, 6.07) is 3.96. The predicted molar refractivity (Wildman–Crippen MR) is 47.2 cm³/mol. The lowest BCUT2D eigenvalue weighted by Gasteiger charge is -2.18. The summed E-state index contributed by atoms with van der Waals surface area (Å²) in [6.07, 6.45) is 0. The maximum absolute atomic E-state index is 10.8. The van der Waals surface area contributed by atoms with Crippen molar-refractivity contribution in [2.45, 2.75) is 4.90 Å². The molecule has 14 heavy (non-hydrogen) atoms. The smallest absolute Gasteiger partial charge is 0.294 e. The molecule has 1 N–H and O–H groups in total. The van der Waals surface area contributed by atoms with Crippen LogP contribution in [0.3, 0.4) is 0 Å². The first-order valence-electron chi connectivity index (χ1n) is 3.94. The Hall–Kier alpha value is -1.27. The highest BCUT2D eigenvalue weighted by Gasteiger charge is 2.16. The van der Waals surface area contributed by atoms with E-state index in [1.54, 1.807) is 0 Å². The molecule has 0 aromatic heterocycles. The van der Waals surface area contributed by atoms with Crippen molar-refractivity contribution in [3.8, 4) is 11.5 Å². The van der Waals surface area contributed by atoms with Gasteiger partial charge in [-0.15, -0.1) is 0 Å². The molecule has 0 atom stereocenters. The second kappa shape index (κ2) is 3.14. The number of benzene rings is 1. The third-order valence-corrected chi connectivity index (χ3v) is 2.66. The number of ether oxygens (including phenoxy) is 2. The molecule has 1 aliphatic heterocycles. The lowest BCUT2D eigenvalue weighted by Crippen LogP contribution is -2.15. The van der Waals surface area contributed by atoms with E-state index >= 15 is 0 Å². The van der Waals surface area contributed by atoms with Gasteiger partial charge in [0.2, 0.25) is 0 Å². The topological polar surface area (TPSA) is 72.8 Å². The van der Waals surface area contributed by atoms with Gasteiger partial charge in [-0.25, -0.2) is 0 Å². The van der Waals surface area contributed by atoms with Crippen LogP contribution in [0.5, 0.6) is 11.5 Å². The second-order valence-corrected chi connectivity index (χ2v) is 4.20. The number of hydrogen-bond acceptors (Lipinski definition) is 4. The van der Waals surface area contributed by atoms with E-state index in [0.717, 1.165) is 0 Å². The second-order valence-electron chi connectivity index (χ2n) is 2.78. The van der Waals surface area contributed by atoms with Crippen LogP contribution in [0, 0.1) is 0 Å². The molecule has 1 aromatic rings. The Morgan fingerprint density at radius 2 is 1.79 bits per heavy atom. The molecule has 1 aromatic carbocycles. The van der Waals surface area contributed by atoms with Crippen LogP contribution in [0.2, 0.25) is 0 Å². The van der Waals surface area contributed by atoms with Crippen molar-refractivity contribution in [2.24, 2.45) is 0 Å². The Kier molecular flexibility index (Phi) is 2.09. The average molecular weight is 216 g/mol. The number of rotatable bonds is 1. The molecule has 1 aliphatic rings. The van der Waals surface area contributed by atoms with Crippen molar-refractivity contribution >= 4 is 10.1 Å². The van der Waals surface area contributed by atoms with E-state index in [0.29, 0.717) is 24.7 Å². The maximum Gasteiger partial charge on any atom is 0.294 e. The van der Waals surface area contributed by atoms with E-state index in [4.69, 9.17) is 14.0 Å². The molecule has 0 radical (unpaired) electrons. The lowest BCUT2D eigenvalue weighted by atomic mass is 10.3. The third-order valence-electron chi connectivity index (χ3n) is 1.81. The quantitative estimate of drug-likeness (QED) is 0.700. The monoisotopic (exact) mass is 216 g/mol. The van der Waals surface area contributed by atoms with Gasteiger partial charge in [-0.3, -0.25) is 4.55 Å². The van der Waals surface area contributed by atoms with E-state index in [-0.39, 0.29) is 4.90 Å². The summed E-state index contributed by atoms with van der Waals surface area (Å²) in [6.45, 7) is 0.820. The lowest BCUT2D eigenvalue weighted by molar-refractivity contribution is 0.171. The van der Waals surface area contributed by atoms with Crippen LogP contribution in [0.4, 0.5) is 0 Å². The minimum absolute atomic E-state index is 0.193. The molecule has 1 heterocycles. The van der Waals surface area contributed by atoms with Gasteiger partial charge in [-0.1, -0.05) is 0 Å². The molecule has 0 spiro atoms. The fourth-order valence-corrected chi connectivity index (χ4v) is 1.68. The van der Waals surface area contributed by atoms with Crippen molar-refractivity contribution in [3.63, 3.8) is 0 Å². The van der Waals surface area contributed by atoms with Gasteiger partial charge >= 0.3 is 0 Å². The van der Waals surface area contributed by atoms with Crippen LogP contribution in [0.15, 0.2) is 23.1 Å². The van der Waals surface area contributed by atoms with Crippen LogP contribution in [0.25, 0.3) is 0 Å². The highest BCUT2D eigenvalue weighted by molar-refractivity contribution is 7.85. The highest BCUT2D eigenvalue weighted by Crippen LogP contribution is 2.31. The van der Waals surface area contributed by atoms with Gasteiger partial charge in [-0.2, -0.15) is 8.42 Å². The Bertz CT molecular complexity index is 451. The Balaban J connectivity index is 2.49. The summed E-state index contributed by atoms with van der Waals surface area (Å²) in [7, 11) is -4.17. The van der Waals surface area contributed by atoms with Crippen LogP contribution in [-0.2, 0) is 10.1 Å². The molecular formula is C8H8O5S. The standard InChI is InChI=1S/C8H8O5S/c9-14(10,11)6-1-2-7-8(5-6)13-4-3-12-7/h1-2,5H,3-4H2,(H,9,10,11). The Morgan fingerprint density at radius 3 is 2.43 bits per heavy atom. The zero-order valence-corrected chi connectivity index (χ0v) is 7.95. The summed E-state index contributed by atoms with van der Waals surface area (Å²) in [5.74, 6) is 0.829.